The fourth-order valence-electron chi connectivity index (χ4n) is 4.34. The van der Waals surface area contributed by atoms with Gasteiger partial charge in [0.15, 0.2) is 0 Å². The van der Waals surface area contributed by atoms with Crippen LogP contribution >= 0.6 is 0 Å². The van der Waals surface area contributed by atoms with Crippen molar-refractivity contribution in [2.45, 2.75) is 51.1 Å². The lowest BCUT2D eigenvalue weighted by molar-refractivity contribution is -0.120. The molecule has 1 aliphatic carbocycles. The van der Waals surface area contributed by atoms with Gasteiger partial charge in [0.05, 0.1) is 11.4 Å². The van der Waals surface area contributed by atoms with Gasteiger partial charge in [0.2, 0.25) is 0 Å². The van der Waals surface area contributed by atoms with Gasteiger partial charge in [-0.2, -0.15) is 0 Å². The molecule has 0 radical (unpaired) electrons. The van der Waals surface area contributed by atoms with Gasteiger partial charge in [-0.15, -0.1) is 0 Å². The summed E-state index contributed by atoms with van der Waals surface area (Å²) in [7, 11) is 0. The number of hydrogen-bond donors (Lipinski definition) is 1. The number of nitrogens with zero attached hydrogens (tertiary/aromatic N) is 2. The number of fused-ring (bicyclic) bond motifs is 1. The van der Waals surface area contributed by atoms with Gasteiger partial charge in [0.1, 0.15) is 17.6 Å². The van der Waals surface area contributed by atoms with Gasteiger partial charge >= 0.3 is 0 Å². The Hall–Kier alpha value is -2.89. The van der Waals surface area contributed by atoms with Crippen LogP contribution in [0.25, 0.3) is 0 Å². The van der Waals surface area contributed by atoms with Crippen LogP contribution < -0.4 is 9.80 Å². The minimum atomic E-state index is -0.684. The van der Waals surface area contributed by atoms with E-state index in [1.54, 1.807) is 11.0 Å². The highest BCUT2D eigenvalue weighted by Gasteiger charge is 2.43. The summed E-state index contributed by atoms with van der Waals surface area (Å²) in [4.78, 5) is 29.9. The second-order valence-corrected chi connectivity index (χ2v) is 7.43. The lowest BCUT2D eigenvalue weighted by Gasteiger charge is -2.44. The van der Waals surface area contributed by atoms with Crippen LogP contribution in [-0.4, -0.2) is 29.0 Å². The third-order valence-corrected chi connectivity index (χ3v) is 5.70. The van der Waals surface area contributed by atoms with Crippen molar-refractivity contribution in [2.24, 2.45) is 0 Å². The maximum atomic E-state index is 14.1. The number of carbonyl (C=O) groups is 2. The third-order valence-electron chi connectivity index (χ3n) is 5.70. The molecule has 0 unspecified atom stereocenters. The Labute approximate surface area is 163 Å². The van der Waals surface area contributed by atoms with Crippen molar-refractivity contribution in [2.75, 3.05) is 9.80 Å². The molecule has 0 aromatic heterocycles. The number of anilines is 2. The maximum absolute atomic E-state index is 14.1. The van der Waals surface area contributed by atoms with Crippen molar-refractivity contribution in [1.29, 1.82) is 0 Å². The molecule has 5 nitrogen and oxygen atoms in total. The summed E-state index contributed by atoms with van der Waals surface area (Å²) in [6.45, 7) is 1.86. The van der Waals surface area contributed by atoms with Crippen molar-refractivity contribution in [3.05, 3.63) is 53.8 Å². The topological polar surface area (TPSA) is 60.9 Å². The van der Waals surface area contributed by atoms with Crippen LogP contribution in [0.3, 0.4) is 0 Å². The molecule has 146 valence electrons. The minimum Gasteiger partial charge on any atom is -0.508 e. The lowest BCUT2D eigenvalue weighted by atomic mass is 9.99. The van der Waals surface area contributed by atoms with Crippen LogP contribution in [-0.2, 0) is 4.79 Å². The van der Waals surface area contributed by atoms with Gasteiger partial charge in [0.25, 0.3) is 11.8 Å². The van der Waals surface area contributed by atoms with Crippen LogP contribution in [0.5, 0.6) is 5.75 Å². The molecule has 28 heavy (non-hydrogen) atoms. The summed E-state index contributed by atoms with van der Waals surface area (Å²) in [6, 6.07) is 9.56. The molecule has 1 aliphatic heterocycles. The Morgan fingerprint density at radius 1 is 1.11 bits per heavy atom. The van der Waals surface area contributed by atoms with E-state index in [1.165, 1.54) is 41.3 Å². The van der Waals surface area contributed by atoms with Crippen LogP contribution in [0.2, 0.25) is 0 Å². The summed E-state index contributed by atoms with van der Waals surface area (Å²) < 4.78 is 14.1. The molecule has 0 spiro atoms. The molecular formula is C22H23FN2O3. The van der Waals surface area contributed by atoms with Crippen LogP contribution in [0.1, 0.15) is 49.4 Å². The van der Waals surface area contributed by atoms with Gasteiger partial charge in [0, 0.05) is 11.6 Å². The molecule has 1 atom stereocenters. The highest BCUT2D eigenvalue weighted by molar-refractivity contribution is 6.17. The molecule has 0 saturated heterocycles. The summed E-state index contributed by atoms with van der Waals surface area (Å²) in [5, 5.41) is 9.50. The van der Waals surface area contributed by atoms with Crippen molar-refractivity contribution >= 4 is 23.2 Å². The first-order valence-electron chi connectivity index (χ1n) is 9.76. The number of phenolic OH excluding ortho intramolecular Hbond substituents is 1. The number of benzene rings is 2. The molecule has 6 heteroatoms. The van der Waals surface area contributed by atoms with Gasteiger partial charge in [-0.05, 0) is 61.7 Å². The fourth-order valence-corrected chi connectivity index (χ4v) is 4.34. The first kappa shape index (κ1) is 18.5. The number of rotatable bonds is 3. The van der Waals surface area contributed by atoms with E-state index in [0.717, 1.165) is 25.7 Å². The van der Waals surface area contributed by atoms with Crippen LogP contribution in [0.4, 0.5) is 15.8 Å². The van der Waals surface area contributed by atoms with E-state index in [1.807, 2.05) is 6.92 Å². The number of phenols is 1. The van der Waals surface area contributed by atoms with Gasteiger partial charge in [-0.1, -0.05) is 19.8 Å². The zero-order chi connectivity index (χ0) is 19.8. The molecule has 1 saturated carbocycles. The van der Waals surface area contributed by atoms with E-state index >= 15 is 0 Å². The predicted molar refractivity (Wildman–Crippen MR) is 105 cm³/mol. The zero-order valence-electron chi connectivity index (χ0n) is 15.8. The second-order valence-electron chi connectivity index (χ2n) is 7.43. The number of halogens is 1. The lowest BCUT2D eigenvalue weighted by Crippen LogP contribution is -2.57. The Bertz CT molecular complexity index is 906. The number of hydrogen-bond acceptors (Lipinski definition) is 3. The van der Waals surface area contributed by atoms with E-state index in [-0.39, 0.29) is 23.6 Å². The fraction of sp³-hybridized carbons (Fsp3) is 0.364. The van der Waals surface area contributed by atoms with Gasteiger partial charge in [-0.3, -0.25) is 14.5 Å². The average molecular weight is 382 g/mol. The molecule has 1 N–H and O–H groups in total. The average Bonchev–Trinajstić information content (AvgIpc) is 3.21. The zero-order valence-corrected chi connectivity index (χ0v) is 15.8. The predicted octanol–water partition coefficient (Wildman–Crippen LogP) is 4.25. The van der Waals surface area contributed by atoms with E-state index < -0.39 is 11.9 Å². The molecule has 1 heterocycles. The van der Waals surface area contributed by atoms with Crippen LogP contribution in [0, 0.1) is 5.82 Å². The standard InChI is InChI=1S/C22H23FN2O3/c1-2-18-22(28)24(16-5-3-4-6-16)19-12-9-15(23)13-20(19)25(18)21(27)14-7-10-17(26)11-8-14/h7-13,16,18,26H,2-6H2,1H3/t18-/m1/s1. The molecule has 2 amide bonds. The summed E-state index contributed by atoms with van der Waals surface area (Å²) in [5.41, 5.74) is 1.36. The second kappa shape index (κ2) is 7.26. The number of amides is 2. The Balaban J connectivity index is 1.83. The molecular weight excluding hydrogens is 359 g/mol. The Kier molecular flexibility index (Phi) is 4.79. The van der Waals surface area contributed by atoms with Crippen molar-refractivity contribution in [1.82, 2.24) is 0 Å². The monoisotopic (exact) mass is 382 g/mol. The van der Waals surface area contributed by atoms with Crippen molar-refractivity contribution in [3.63, 3.8) is 0 Å². The first-order chi connectivity index (χ1) is 13.5. The number of aromatic hydroxyl groups is 1. The first-order valence-corrected chi connectivity index (χ1v) is 9.76. The van der Waals surface area contributed by atoms with E-state index in [4.69, 9.17) is 0 Å². The van der Waals surface area contributed by atoms with E-state index in [2.05, 4.69) is 0 Å². The van der Waals surface area contributed by atoms with Gasteiger partial charge < -0.3 is 10.0 Å². The number of carbonyl (C=O) groups excluding carboxylic acids is 2. The molecule has 0 bridgehead atoms. The molecule has 4 rings (SSSR count). The third kappa shape index (κ3) is 3.03. The smallest absolute Gasteiger partial charge is 0.259 e. The Morgan fingerprint density at radius 2 is 1.79 bits per heavy atom. The Morgan fingerprint density at radius 3 is 2.43 bits per heavy atom. The molecule has 2 aliphatic rings. The SMILES string of the molecule is CC[C@@H]1C(=O)N(C2CCCC2)c2ccc(F)cc2N1C(=O)c1ccc(O)cc1. The quantitative estimate of drug-likeness (QED) is 0.863. The largest absolute Gasteiger partial charge is 0.508 e. The normalized spacial score (nSPS) is 19.8. The molecule has 1 fully saturated rings. The highest BCUT2D eigenvalue weighted by atomic mass is 19.1. The van der Waals surface area contributed by atoms with Crippen molar-refractivity contribution < 1.29 is 19.1 Å². The van der Waals surface area contributed by atoms with Crippen LogP contribution in [0.15, 0.2) is 42.5 Å². The van der Waals surface area contributed by atoms with E-state index in [0.29, 0.717) is 23.4 Å². The maximum Gasteiger partial charge on any atom is 0.259 e. The summed E-state index contributed by atoms with van der Waals surface area (Å²) >= 11 is 0. The summed E-state index contributed by atoms with van der Waals surface area (Å²) in [6.07, 6.45) is 4.41. The summed E-state index contributed by atoms with van der Waals surface area (Å²) in [5.74, 6) is -0.881. The molecule has 2 aromatic carbocycles. The van der Waals surface area contributed by atoms with Crippen molar-refractivity contribution in [3.8, 4) is 5.75 Å². The highest BCUT2D eigenvalue weighted by Crippen LogP contribution is 2.42. The minimum absolute atomic E-state index is 0.0529. The van der Waals surface area contributed by atoms with Gasteiger partial charge in [-0.25, -0.2) is 4.39 Å². The molecule has 2 aromatic rings. The van der Waals surface area contributed by atoms with E-state index in [9.17, 15) is 19.1 Å².